The van der Waals surface area contributed by atoms with Crippen molar-refractivity contribution < 1.29 is 22.7 Å². The summed E-state index contributed by atoms with van der Waals surface area (Å²) in [6.07, 6.45) is -1.07. The third kappa shape index (κ3) is 8.10. The van der Waals surface area contributed by atoms with Gasteiger partial charge in [0.2, 0.25) is 0 Å². The lowest BCUT2D eigenvalue weighted by atomic mass is 10.1. The molecular weight excluding hydrogens is 471 g/mol. The lowest BCUT2D eigenvalue weighted by molar-refractivity contribution is -0.137. The number of halogens is 3. The number of aryl methyl sites for hydroxylation is 1. The Morgan fingerprint density at radius 3 is 2.39 bits per heavy atom. The zero-order valence-electron chi connectivity index (χ0n) is 21.6. The van der Waals surface area contributed by atoms with E-state index in [0.29, 0.717) is 41.4 Å². The molecule has 0 aliphatic heterocycles. The van der Waals surface area contributed by atoms with Crippen LogP contribution < -0.4 is 10.9 Å². The van der Waals surface area contributed by atoms with Crippen molar-refractivity contribution in [3.63, 3.8) is 0 Å². The van der Waals surface area contributed by atoms with Gasteiger partial charge >= 0.3 is 12.3 Å². The van der Waals surface area contributed by atoms with Crippen LogP contribution >= 0.6 is 0 Å². The molecule has 0 aliphatic rings. The third-order valence-electron chi connectivity index (χ3n) is 5.16. The van der Waals surface area contributed by atoms with Crippen LogP contribution in [0.5, 0.6) is 0 Å². The predicted molar refractivity (Wildman–Crippen MR) is 136 cm³/mol. The number of amides is 1. The average molecular weight is 506 g/mol. The Morgan fingerprint density at radius 2 is 1.81 bits per heavy atom. The van der Waals surface area contributed by atoms with Crippen molar-refractivity contribution in [1.82, 2.24) is 14.9 Å². The van der Waals surface area contributed by atoms with Crippen molar-refractivity contribution in [2.75, 3.05) is 0 Å². The molecule has 0 saturated heterocycles. The number of carbonyl (C=O) groups is 1. The highest BCUT2D eigenvalue weighted by Gasteiger charge is 2.30. The highest BCUT2D eigenvalue weighted by atomic mass is 19.4. The summed E-state index contributed by atoms with van der Waals surface area (Å²) >= 11 is 0. The summed E-state index contributed by atoms with van der Waals surface area (Å²) in [5.41, 5.74) is -0.510. The number of benzene rings is 1. The molecule has 1 aromatic carbocycles. The number of ether oxygens (including phenoxy) is 1. The molecule has 0 radical (unpaired) electrons. The molecule has 3 aromatic rings. The van der Waals surface area contributed by atoms with E-state index in [0.717, 1.165) is 12.3 Å². The van der Waals surface area contributed by atoms with E-state index in [4.69, 9.17) is 4.74 Å². The topological polar surface area (TPSA) is 73.2 Å². The van der Waals surface area contributed by atoms with Gasteiger partial charge < -0.3 is 14.6 Å². The number of pyridine rings is 2. The SMILES string of the molecule is CC.CC(CCCn1ccc2cc(-c3ccc(C(F)(F)F)cn3)ccc2c1=O)NC(=O)OC(C)(C)C. The second-order valence-electron chi connectivity index (χ2n) is 9.24. The summed E-state index contributed by atoms with van der Waals surface area (Å²) in [6, 6.07) is 9.08. The molecule has 1 unspecified atom stereocenters. The van der Waals surface area contributed by atoms with E-state index in [1.165, 1.54) is 6.07 Å². The number of aromatic nitrogens is 2. The smallest absolute Gasteiger partial charge is 0.417 e. The van der Waals surface area contributed by atoms with Crippen LogP contribution in [0.25, 0.3) is 22.0 Å². The summed E-state index contributed by atoms with van der Waals surface area (Å²) in [5.74, 6) is 0. The number of nitrogens with zero attached hydrogens (tertiary/aromatic N) is 2. The summed E-state index contributed by atoms with van der Waals surface area (Å²) in [4.78, 5) is 28.6. The Bertz CT molecular complexity index is 1210. The minimum absolute atomic E-state index is 0.107. The van der Waals surface area contributed by atoms with Crippen LogP contribution in [-0.2, 0) is 17.5 Å². The fourth-order valence-electron chi connectivity index (χ4n) is 3.50. The lowest BCUT2D eigenvalue weighted by Crippen LogP contribution is -2.37. The van der Waals surface area contributed by atoms with Gasteiger partial charge in [0.25, 0.3) is 5.56 Å². The zero-order chi connectivity index (χ0) is 27.1. The molecule has 0 bridgehead atoms. The fourth-order valence-corrected chi connectivity index (χ4v) is 3.50. The maximum absolute atomic E-state index is 12.9. The molecule has 196 valence electrons. The Morgan fingerprint density at radius 1 is 1.11 bits per heavy atom. The summed E-state index contributed by atoms with van der Waals surface area (Å²) < 4.78 is 45.1. The number of alkyl halides is 3. The molecule has 0 saturated carbocycles. The first-order chi connectivity index (χ1) is 16.8. The molecule has 6 nitrogen and oxygen atoms in total. The third-order valence-corrected chi connectivity index (χ3v) is 5.16. The minimum Gasteiger partial charge on any atom is -0.444 e. The van der Waals surface area contributed by atoms with Crippen LogP contribution in [0.1, 0.15) is 59.9 Å². The van der Waals surface area contributed by atoms with Gasteiger partial charge in [-0.05, 0) is 76.3 Å². The van der Waals surface area contributed by atoms with Gasteiger partial charge in [0, 0.05) is 35.9 Å². The Hall–Kier alpha value is -3.36. The first kappa shape index (κ1) is 28.9. The van der Waals surface area contributed by atoms with E-state index in [1.54, 1.807) is 55.8 Å². The second-order valence-corrected chi connectivity index (χ2v) is 9.24. The average Bonchev–Trinajstić information content (AvgIpc) is 2.80. The highest BCUT2D eigenvalue weighted by Crippen LogP contribution is 2.30. The molecule has 2 aromatic heterocycles. The van der Waals surface area contributed by atoms with Crippen LogP contribution in [0.2, 0.25) is 0 Å². The van der Waals surface area contributed by atoms with Gasteiger partial charge in [0.1, 0.15) is 5.60 Å². The van der Waals surface area contributed by atoms with Crippen molar-refractivity contribution in [3.8, 4) is 11.3 Å². The molecule has 9 heteroatoms. The van der Waals surface area contributed by atoms with E-state index in [2.05, 4.69) is 10.3 Å². The first-order valence-corrected chi connectivity index (χ1v) is 12.0. The Kier molecular flexibility index (Phi) is 9.67. The lowest BCUT2D eigenvalue weighted by Gasteiger charge is -2.22. The van der Waals surface area contributed by atoms with Gasteiger partial charge in [0.05, 0.1) is 11.3 Å². The number of rotatable bonds is 6. The Balaban J connectivity index is 0.00000222. The first-order valence-electron chi connectivity index (χ1n) is 12.0. The number of alkyl carbamates (subject to hydrolysis) is 1. The molecule has 1 atom stereocenters. The van der Waals surface area contributed by atoms with Crippen LogP contribution in [-0.4, -0.2) is 27.3 Å². The summed E-state index contributed by atoms with van der Waals surface area (Å²) in [7, 11) is 0. The van der Waals surface area contributed by atoms with Crippen molar-refractivity contribution in [2.45, 2.75) is 78.7 Å². The summed E-state index contributed by atoms with van der Waals surface area (Å²) in [6.45, 7) is 11.8. The standard InChI is InChI=1S/C25H28F3N3O3.C2H6/c1-16(30-23(33)34-24(2,3)4)6-5-12-31-13-11-17-14-18(7-9-20(17)22(31)32)21-10-8-19(15-29-21)25(26,27)28;1-2/h7-11,13-16H,5-6,12H2,1-4H3,(H,30,33);1-2H3. The maximum Gasteiger partial charge on any atom is 0.417 e. The molecule has 1 N–H and O–H groups in total. The Labute approximate surface area is 209 Å². The predicted octanol–water partition coefficient (Wildman–Crippen LogP) is 6.80. The number of hydrogen-bond acceptors (Lipinski definition) is 4. The van der Waals surface area contributed by atoms with Crippen LogP contribution in [0.3, 0.4) is 0 Å². The zero-order valence-corrected chi connectivity index (χ0v) is 21.6. The maximum atomic E-state index is 12.9. The molecule has 0 aliphatic carbocycles. The summed E-state index contributed by atoms with van der Waals surface area (Å²) in [5, 5.41) is 3.98. The second kappa shape index (κ2) is 12.1. The largest absolute Gasteiger partial charge is 0.444 e. The van der Waals surface area contributed by atoms with E-state index in [1.807, 2.05) is 20.8 Å². The minimum atomic E-state index is -4.44. The van der Waals surface area contributed by atoms with E-state index in [-0.39, 0.29) is 11.6 Å². The van der Waals surface area contributed by atoms with E-state index in [9.17, 15) is 22.8 Å². The van der Waals surface area contributed by atoms with Gasteiger partial charge in [-0.3, -0.25) is 9.78 Å². The van der Waals surface area contributed by atoms with Crippen molar-refractivity contribution in [3.05, 3.63) is 64.7 Å². The van der Waals surface area contributed by atoms with Crippen molar-refractivity contribution >= 4 is 16.9 Å². The van der Waals surface area contributed by atoms with Crippen molar-refractivity contribution in [1.29, 1.82) is 0 Å². The number of hydrogen-bond donors (Lipinski definition) is 1. The van der Waals surface area contributed by atoms with E-state index >= 15 is 0 Å². The normalized spacial score (nSPS) is 12.5. The van der Waals surface area contributed by atoms with Gasteiger partial charge in [0.15, 0.2) is 0 Å². The molecule has 0 spiro atoms. The molecule has 3 rings (SSSR count). The fraction of sp³-hybridized carbons (Fsp3) is 0.444. The van der Waals surface area contributed by atoms with Gasteiger partial charge in [-0.1, -0.05) is 19.9 Å². The molecule has 2 heterocycles. The molecular formula is C27H34F3N3O3. The van der Waals surface area contributed by atoms with Crippen LogP contribution in [0.15, 0.2) is 53.6 Å². The van der Waals surface area contributed by atoms with Gasteiger partial charge in [-0.25, -0.2) is 4.79 Å². The number of carbonyl (C=O) groups excluding carboxylic acids is 1. The quantitative estimate of drug-likeness (QED) is 0.400. The van der Waals surface area contributed by atoms with Crippen LogP contribution in [0, 0.1) is 0 Å². The van der Waals surface area contributed by atoms with E-state index < -0.39 is 23.4 Å². The molecule has 36 heavy (non-hydrogen) atoms. The molecule has 1 amide bonds. The molecule has 0 fully saturated rings. The number of fused-ring (bicyclic) bond motifs is 1. The van der Waals surface area contributed by atoms with Crippen molar-refractivity contribution in [2.24, 2.45) is 0 Å². The van der Waals surface area contributed by atoms with Crippen LogP contribution in [0.4, 0.5) is 18.0 Å². The number of nitrogens with one attached hydrogen (secondary N) is 1. The monoisotopic (exact) mass is 505 g/mol. The van der Waals surface area contributed by atoms with Gasteiger partial charge in [-0.15, -0.1) is 0 Å². The van der Waals surface area contributed by atoms with Gasteiger partial charge in [-0.2, -0.15) is 13.2 Å². The highest BCUT2D eigenvalue weighted by molar-refractivity contribution is 5.86.